The lowest BCUT2D eigenvalue weighted by molar-refractivity contribution is -0.220. The lowest BCUT2D eigenvalue weighted by Crippen LogP contribution is -2.56. The summed E-state index contributed by atoms with van der Waals surface area (Å²) in [6.45, 7) is 1.39. The van der Waals surface area contributed by atoms with Crippen LogP contribution in [0, 0.1) is 0 Å². The molecule has 1 fully saturated rings. The van der Waals surface area contributed by atoms with Gasteiger partial charge in [0.05, 0.1) is 11.1 Å². The zero-order valence-electron chi connectivity index (χ0n) is 14.1. The maximum Gasteiger partial charge on any atom is 0.417 e. The Bertz CT molecular complexity index is 920. The third-order valence-electron chi connectivity index (χ3n) is 5.02. The molecule has 4 nitrogen and oxygen atoms in total. The molecule has 2 atom stereocenters. The smallest absolute Gasteiger partial charge is 0.382 e. The van der Waals surface area contributed by atoms with Crippen LogP contribution in [0.15, 0.2) is 29.1 Å². The molecule has 1 aromatic heterocycles. The molecule has 2 aromatic rings. The van der Waals surface area contributed by atoms with Gasteiger partial charge in [0, 0.05) is 29.2 Å². The number of pyridine rings is 1. The van der Waals surface area contributed by atoms with E-state index in [1.165, 1.54) is 24.0 Å². The average molecular weight is 394 g/mol. The highest BCUT2D eigenvalue weighted by atomic mass is 19.4. The van der Waals surface area contributed by atoms with E-state index >= 15 is 0 Å². The number of aromatic amines is 1. The normalized spacial score (nSPS) is 22.4. The summed E-state index contributed by atoms with van der Waals surface area (Å²) >= 11 is 0. The molecule has 3 rings (SSSR count). The number of hydrogen-bond donors (Lipinski definition) is 2. The van der Waals surface area contributed by atoms with Crippen LogP contribution in [-0.2, 0) is 6.18 Å². The van der Waals surface area contributed by atoms with Gasteiger partial charge in [-0.3, -0.25) is 4.79 Å². The summed E-state index contributed by atoms with van der Waals surface area (Å²) in [7, 11) is 0. The van der Waals surface area contributed by atoms with Crippen molar-refractivity contribution >= 4 is 16.6 Å². The molecule has 0 saturated carbocycles. The Morgan fingerprint density at radius 1 is 1.19 bits per heavy atom. The summed E-state index contributed by atoms with van der Waals surface area (Å²) in [6, 6.07) is 4.08. The standard InChI is InChI=1S/C17H16F6N2O2/c1-15(14(27)17(21,22)23)5-2-6-25(15)9-3-4-12-10(7-9)11(16(18,19)20)8-13(26)24-12/h3-4,7-8,14,27H,2,5-6H2,1H3,(H,24,26)/t14-,15-/m1/s1. The number of H-pyrrole nitrogens is 1. The van der Waals surface area contributed by atoms with Crippen molar-refractivity contribution in [1.82, 2.24) is 4.98 Å². The van der Waals surface area contributed by atoms with Crippen LogP contribution in [0.2, 0.25) is 0 Å². The molecule has 0 amide bonds. The minimum absolute atomic E-state index is 0.0312. The fourth-order valence-corrected chi connectivity index (χ4v) is 3.69. The van der Waals surface area contributed by atoms with Crippen LogP contribution in [-0.4, -0.2) is 34.5 Å². The Morgan fingerprint density at radius 3 is 2.44 bits per heavy atom. The Labute approximate surface area is 149 Å². The van der Waals surface area contributed by atoms with Gasteiger partial charge >= 0.3 is 12.4 Å². The van der Waals surface area contributed by atoms with E-state index in [1.54, 1.807) is 0 Å². The third-order valence-corrected chi connectivity index (χ3v) is 5.02. The highest BCUT2D eigenvalue weighted by Gasteiger charge is 2.55. The monoisotopic (exact) mass is 394 g/mol. The van der Waals surface area contributed by atoms with Crippen molar-refractivity contribution in [3.8, 4) is 0 Å². The fraction of sp³-hybridized carbons (Fsp3) is 0.471. The number of nitrogens with zero attached hydrogens (tertiary/aromatic N) is 1. The average Bonchev–Trinajstić information content (AvgIpc) is 2.94. The minimum atomic E-state index is -4.86. The van der Waals surface area contributed by atoms with Crippen LogP contribution in [0.3, 0.4) is 0 Å². The van der Waals surface area contributed by atoms with Gasteiger partial charge in [-0.2, -0.15) is 26.3 Å². The van der Waals surface area contributed by atoms with E-state index in [0.29, 0.717) is 12.5 Å². The maximum atomic E-state index is 13.3. The molecule has 2 N–H and O–H groups in total. The summed E-state index contributed by atoms with van der Waals surface area (Å²) < 4.78 is 79.1. The molecule has 10 heteroatoms. The first-order valence-corrected chi connectivity index (χ1v) is 8.11. The summed E-state index contributed by atoms with van der Waals surface area (Å²) in [4.78, 5) is 15.0. The van der Waals surface area contributed by atoms with E-state index < -0.39 is 35.1 Å². The molecule has 0 bridgehead atoms. The van der Waals surface area contributed by atoms with Crippen molar-refractivity contribution in [2.45, 2.75) is 43.8 Å². The lowest BCUT2D eigenvalue weighted by atomic mass is 9.90. The minimum Gasteiger partial charge on any atom is -0.382 e. The molecule has 1 saturated heterocycles. The second kappa shape index (κ2) is 6.15. The molecule has 0 aliphatic carbocycles. The molecule has 0 radical (unpaired) electrons. The van der Waals surface area contributed by atoms with Crippen LogP contribution in [0.1, 0.15) is 25.3 Å². The van der Waals surface area contributed by atoms with E-state index in [0.717, 1.165) is 6.07 Å². The number of aliphatic hydroxyl groups is 1. The second-order valence-corrected chi connectivity index (χ2v) is 6.83. The zero-order chi connectivity index (χ0) is 20.2. The quantitative estimate of drug-likeness (QED) is 0.762. The summed E-state index contributed by atoms with van der Waals surface area (Å²) in [5.74, 6) is 0. The number of halogens is 6. The largest absolute Gasteiger partial charge is 0.417 e. The first kappa shape index (κ1) is 19.5. The third kappa shape index (κ3) is 3.38. The van der Waals surface area contributed by atoms with Crippen molar-refractivity contribution in [2.75, 3.05) is 11.4 Å². The predicted octanol–water partition coefficient (Wildman–Crippen LogP) is 3.83. The molecule has 27 heavy (non-hydrogen) atoms. The van der Waals surface area contributed by atoms with Gasteiger partial charge in [0.1, 0.15) is 0 Å². The van der Waals surface area contributed by atoms with E-state index in [1.807, 2.05) is 0 Å². The number of aromatic nitrogens is 1. The number of nitrogens with one attached hydrogen (secondary N) is 1. The maximum absolute atomic E-state index is 13.3. The van der Waals surface area contributed by atoms with Gasteiger partial charge in [0.2, 0.25) is 5.56 Å². The van der Waals surface area contributed by atoms with Gasteiger partial charge in [-0.1, -0.05) is 0 Å². The van der Waals surface area contributed by atoms with Gasteiger partial charge in [0.25, 0.3) is 0 Å². The van der Waals surface area contributed by atoms with Crippen molar-refractivity contribution in [3.63, 3.8) is 0 Å². The summed E-state index contributed by atoms with van der Waals surface area (Å²) in [6.07, 6.45) is -11.9. The van der Waals surface area contributed by atoms with Crippen LogP contribution in [0.25, 0.3) is 10.9 Å². The number of aliphatic hydroxyl groups excluding tert-OH is 1. The van der Waals surface area contributed by atoms with Crippen molar-refractivity contribution in [3.05, 3.63) is 40.2 Å². The molecule has 1 aliphatic heterocycles. The van der Waals surface area contributed by atoms with E-state index in [-0.39, 0.29) is 29.6 Å². The fourth-order valence-electron chi connectivity index (χ4n) is 3.69. The van der Waals surface area contributed by atoms with Crippen molar-refractivity contribution < 1.29 is 31.4 Å². The van der Waals surface area contributed by atoms with Crippen molar-refractivity contribution in [1.29, 1.82) is 0 Å². The molecule has 2 heterocycles. The summed E-state index contributed by atoms with van der Waals surface area (Å²) in [5.41, 5.74) is -3.76. The molecule has 1 aliphatic rings. The number of benzene rings is 1. The van der Waals surface area contributed by atoms with Crippen LogP contribution < -0.4 is 10.5 Å². The first-order chi connectivity index (χ1) is 12.3. The second-order valence-electron chi connectivity index (χ2n) is 6.83. The lowest BCUT2D eigenvalue weighted by Gasteiger charge is -2.41. The van der Waals surface area contributed by atoms with Crippen LogP contribution in [0.4, 0.5) is 32.0 Å². The number of fused-ring (bicyclic) bond motifs is 1. The Morgan fingerprint density at radius 2 is 1.85 bits per heavy atom. The molecule has 1 aromatic carbocycles. The number of rotatable bonds is 2. The van der Waals surface area contributed by atoms with Crippen molar-refractivity contribution in [2.24, 2.45) is 0 Å². The molecular weight excluding hydrogens is 378 g/mol. The van der Waals surface area contributed by atoms with Gasteiger partial charge in [-0.05, 0) is 38.0 Å². The first-order valence-electron chi connectivity index (χ1n) is 8.11. The Balaban J connectivity index is 2.15. The number of hydrogen-bond acceptors (Lipinski definition) is 3. The van der Waals surface area contributed by atoms with Crippen LogP contribution in [0.5, 0.6) is 0 Å². The highest BCUT2D eigenvalue weighted by molar-refractivity contribution is 5.86. The topological polar surface area (TPSA) is 56.3 Å². The SMILES string of the molecule is C[C@]1([C@@H](O)C(F)(F)F)CCCN1c1ccc2[nH]c(=O)cc(C(F)(F)F)c2c1. The van der Waals surface area contributed by atoms with E-state index in [4.69, 9.17) is 0 Å². The molecule has 0 spiro atoms. The van der Waals surface area contributed by atoms with Gasteiger partial charge in [-0.15, -0.1) is 0 Å². The van der Waals surface area contributed by atoms with Gasteiger partial charge in [-0.25, -0.2) is 0 Å². The van der Waals surface area contributed by atoms with E-state index in [9.17, 15) is 36.2 Å². The highest BCUT2D eigenvalue weighted by Crippen LogP contribution is 2.43. The Kier molecular flexibility index (Phi) is 4.45. The van der Waals surface area contributed by atoms with Gasteiger partial charge in [0.15, 0.2) is 6.10 Å². The predicted molar refractivity (Wildman–Crippen MR) is 86.6 cm³/mol. The van der Waals surface area contributed by atoms with Crippen LogP contribution >= 0.6 is 0 Å². The molecular formula is C17H16F6N2O2. The van der Waals surface area contributed by atoms with Gasteiger partial charge < -0.3 is 15.0 Å². The number of alkyl halides is 6. The van der Waals surface area contributed by atoms with E-state index in [2.05, 4.69) is 4.98 Å². The summed E-state index contributed by atoms with van der Waals surface area (Å²) in [5, 5.41) is 9.49. The zero-order valence-corrected chi connectivity index (χ0v) is 14.1. The Hall–Kier alpha value is -2.23. The molecule has 148 valence electrons. The number of anilines is 1. The molecule has 0 unspecified atom stereocenters.